The van der Waals surface area contributed by atoms with E-state index in [-0.39, 0.29) is 36.0 Å². The lowest BCUT2D eigenvalue weighted by molar-refractivity contribution is -0.136. The van der Waals surface area contributed by atoms with Gasteiger partial charge in [0.1, 0.15) is 29.4 Å². The molecule has 0 saturated carbocycles. The van der Waals surface area contributed by atoms with E-state index in [0.29, 0.717) is 24.6 Å². The molecule has 5 aromatic rings. The molecule has 53 heavy (non-hydrogen) atoms. The minimum atomic E-state index is -0.600. The number of benzene rings is 4. The van der Waals surface area contributed by atoms with E-state index in [1.807, 2.05) is 54.6 Å². The number of halogens is 1. The minimum Gasteiger partial charge on any atom is -0.508 e. The van der Waals surface area contributed by atoms with E-state index in [0.717, 1.165) is 92.5 Å². The third kappa shape index (κ3) is 6.64. The van der Waals surface area contributed by atoms with Crippen molar-refractivity contribution in [1.29, 1.82) is 0 Å². The molecule has 2 N–H and O–H groups in total. The summed E-state index contributed by atoms with van der Waals surface area (Å²) in [6.07, 6.45) is 2.67. The van der Waals surface area contributed by atoms with E-state index in [4.69, 9.17) is 9.47 Å². The number of rotatable bonds is 8. The van der Waals surface area contributed by atoms with Crippen molar-refractivity contribution in [3.8, 4) is 33.4 Å². The van der Waals surface area contributed by atoms with Gasteiger partial charge in [-0.2, -0.15) is 0 Å². The van der Waals surface area contributed by atoms with Crippen molar-refractivity contribution in [2.75, 3.05) is 31.1 Å². The molecule has 9 rings (SSSR count). The zero-order valence-electron chi connectivity index (χ0n) is 28.8. The van der Waals surface area contributed by atoms with Gasteiger partial charge in [0, 0.05) is 71.0 Å². The second-order valence-electron chi connectivity index (χ2n) is 14.2. The maximum absolute atomic E-state index is 13.1. The third-order valence-corrected chi connectivity index (χ3v) is 12.5. The molecule has 10 nitrogen and oxygen atoms in total. The number of hydrogen-bond donors (Lipinski definition) is 2. The van der Waals surface area contributed by atoms with E-state index in [2.05, 4.69) is 49.2 Å². The van der Waals surface area contributed by atoms with Gasteiger partial charge in [0.15, 0.2) is 5.75 Å². The van der Waals surface area contributed by atoms with Crippen LogP contribution in [0.1, 0.15) is 41.6 Å². The normalized spacial score (nSPS) is 19.7. The lowest BCUT2D eigenvalue weighted by atomic mass is 9.99. The summed E-state index contributed by atoms with van der Waals surface area (Å²) in [4.78, 5) is 44.6. The molecular weight excluding hydrogens is 756 g/mol. The van der Waals surface area contributed by atoms with Gasteiger partial charge in [-0.3, -0.25) is 24.6 Å². The topological polar surface area (TPSA) is 112 Å². The fourth-order valence-electron chi connectivity index (χ4n) is 7.86. The predicted octanol–water partition coefficient (Wildman–Crippen LogP) is 7.32. The molecule has 12 heteroatoms. The first-order valence-electron chi connectivity index (χ1n) is 18.0. The predicted molar refractivity (Wildman–Crippen MR) is 207 cm³/mol. The Morgan fingerprint density at radius 3 is 2.36 bits per heavy atom. The first-order chi connectivity index (χ1) is 25.8. The summed E-state index contributed by atoms with van der Waals surface area (Å²) in [6.45, 7) is 4.20. The Bertz CT molecular complexity index is 2230. The summed E-state index contributed by atoms with van der Waals surface area (Å²) >= 11 is 5.12. The van der Waals surface area contributed by atoms with Crippen LogP contribution in [-0.2, 0) is 16.1 Å². The number of likely N-dealkylation sites (tertiary alicyclic amines) is 1. The molecule has 5 heterocycles. The quantitative estimate of drug-likeness (QED) is 0.157. The van der Waals surface area contributed by atoms with Gasteiger partial charge < -0.3 is 24.4 Å². The highest BCUT2D eigenvalue weighted by molar-refractivity contribution is 9.10. The SMILES string of the molecule is O=C1CCC(N2Cc3cc(N4CC(N5CCC(Oc6ccc(Oc7c(-c8ccc(Br)cc8)sc8cc(O)ccc78)cc6)CC5)C4)ccc3C2=O)C(=O)N1. The molecule has 3 amide bonds. The lowest BCUT2D eigenvalue weighted by Crippen LogP contribution is -2.61. The Morgan fingerprint density at radius 2 is 1.60 bits per heavy atom. The van der Waals surface area contributed by atoms with Gasteiger partial charge in [0.25, 0.3) is 5.91 Å². The molecule has 0 aliphatic carbocycles. The number of piperidine rings is 2. The van der Waals surface area contributed by atoms with Crippen LogP contribution in [0.5, 0.6) is 23.0 Å². The molecule has 3 fully saturated rings. The zero-order chi connectivity index (χ0) is 36.2. The second-order valence-corrected chi connectivity index (χ2v) is 16.1. The van der Waals surface area contributed by atoms with Crippen LogP contribution in [0.15, 0.2) is 89.4 Å². The van der Waals surface area contributed by atoms with E-state index >= 15 is 0 Å². The second kappa shape index (κ2) is 13.8. The number of anilines is 1. The maximum Gasteiger partial charge on any atom is 0.255 e. The number of hydrogen-bond acceptors (Lipinski definition) is 9. The van der Waals surface area contributed by atoms with E-state index in [9.17, 15) is 19.5 Å². The summed E-state index contributed by atoms with van der Waals surface area (Å²) < 4.78 is 14.9. The highest BCUT2D eigenvalue weighted by Gasteiger charge is 2.40. The van der Waals surface area contributed by atoms with Gasteiger partial charge in [-0.25, -0.2) is 0 Å². The van der Waals surface area contributed by atoms with Crippen LogP contribution in [0.25, 0.3) is 20.5 Å². The number of carbonyl (C=O) groups is 3. The van der Waals surface area contributed by atoms with Crippen molar-refractivity contribution in [2.45, 2.75) is 50.4 Å². The number of phenolic OH excluding ortho intramolecular Hbond substituents is 1. The number of amides is 3. The largest absolute Gasteiger partial charge is 0.508 e. The molecule has 4 aromatic carbocycles. The molecule has 4 aliphatic heterocycles. The highest BCUT2D eigenvalue weighted by Crippen LogP contribution is 2.47. The van der Waals surface area contributed by atoms with Gasteiger partial charge in [0.2, 0.25) is 11.8 Å². The Balaban J connectivity index is 0.777. The molecule has 270 valence electrons. The zero-order valence-corrected chi connectivity index (χ0v) is 31.2. The van der Waals surface area contributed by atoms with Crippen LogP contribution < -0.4 is 19.7 Å². The maximum atomic E-state index is 13.1. The monoisotopic (exact) mass is 792 g/mol. The van der Waals surface area contributed by atoms with Crippen LogP contribution in [0.4, 0.5) is 5.69 Å². The molecule has 4 aliphatic rings. The fourth-order valence-corrected chi connectivity index (χ4v) is 9.30. The Kier molecular flexibility index (Phi) is 8.84. The number of ether oxygens (including phenoxy) is 2. The Morgan fingerprint density at radius 1 is 0.849 bits per heavy atom. The summed E-state index contributed by atoms with van der Waals surface area (Å²) in [5, 5.41) is 13.4. The molecule has 1 aromatic heterocycles. The van der Waals surface area contributed by atoms with Crippen LogP contribution in [0.2, 0.25) is 0 Å². The highest BCUT2D eigenvalue weighted by atomic mass is 79.9. The smallest absolute Gasteiger partial charge is 0.255 e. The van der Waals surface area contributed by atoms with Gasteiger partial charge in [0.05, 0.1) is 4.88 Å². The van der Waals surface area contributed by atoms with Crippen LogP contribution >= 0.6 is 27.3 Å². The third-order valence-electron chi connectivity index (χ3n) is 10.8. The average molecular weight is 794 g/mol. The van der Waals surface area contributed by atoms with E-state index in [1.54, 1.807) is 28.4 Å². The number of fused-ring (bicyclic) bond motifs is 2. The van der Waals surface area contributed by atoms with Crippen molar-refractivity contribution >= 4 is 60.8 Å². The molecular formula is C41H37BrN4O6S. The lowest BCUT2D eigenvalue weighted by Gasteiger charge is -2.48. The van der Waals surface area contributed by atoms with Crippen molar-refractivity contribution in [1.82, 2.24) is 15.1 Å². The number of imide groups is 1. The summed E-state index contributed by atoms with van der Waals surface area (Å²) in [7, 11) is 0. The molecule has 3 saturated heterocycles. The number of nitrogens with one attached hydrogen (secondary N) is 1. The first-order valence-corrected chi connectivity index (χ1v) is 19.6. The Hall–Kier alpha value is -4.91. The molecule has 0 spiro atoms. The molecule has 0 bridgehead atoms. The van der Waals surface area contributed by atoms with Crippen molar-refractivity contribution in [3.63, 3.8) is 0 Å². The van der Waals surface area contributed by atoms with Crippen LogP contribution in [0.3, 0.4) is 0 Å². The standard InChI is InChI=1S/C41H37BrN4O6S/c42-26-3-1-24(2-4-26)39-38(34-12-6-29(47)20-36(34)53-39)52-31-9-7-30(8-10-31)51-32-15-17-44(18-16-32)28-22-45(23-28)27-5-11-33-25(19-27)21-46(41(33)50)35-13-14-37(48)43-40(35)49/h1-12,19-20,28,32,35,47H,13-18,21-23H2,(H,43,48,49). The summed E-state index contributed by atoms with van der Waals surface area (Å²) in [5.74, 6) is 1.73. The molecule has 1 atom stereocenters. The number of phenols is 1. The van der Waals surface area contributed by atoms with Crippen molar-refractivity contribution in [2.24, 2.45) is 0 Å². The van der Waals surface area contributed by atoms with Crippen molar-refractivity contribution < 1.29 is 29.0 Å². The van der Waals surface area contributed by atoms with Gasteiger partial charge >= 0.3 is 0 Å². The van der Waals surface area contributed by atoms with Crippen LogP contribution in [0, 0.1) is 0 Å². The van der Waals surface area contributed by atoms with Gasteiger partial charge in [-0.05, 0) is 103 Å². The van der Waals surface area contributed by atoms with E-state index < -0.39 is 6.04 Å². The van der Waals surface area contributed by atoms with Gasteiger partial charge in [-0.15, -0.1) is 11.3 Å². The average Bonchev–Trinajstić information content (AvgIpc) is 3.65. The minimum absolute atomic E-state index is 0.141. The molecule has 0 radical (unpaired) electrons. The Labute approximate surface area is 319 Å². The van der Waals surface area contributed by atoms with E-state index in [1.165, 1.54) is 0 Å². The summed E-state index contributed by atoms with van der Waals surface area (Å²) in [6, 6.07) is 27.2. The number of thiophene rings is 1. The van der Waals surface area contributed by atoms with Crippen LogP contribution in [-0.4, -0.2) is 77.0 Å². The van der Waals surface area contributed by atoms with Gasteiger partial charge in [-0.1, -0.05) is 28.1 Å². The van der Waals surface area contributed by atoms with Crippen molar-refractivity contribution in [3.05, 3.63) is 101 Å². The number of aromatic hydroxyl groups is 1. The first kappa shape index (κ1) is 33.9. The molecule has 1 unspecified atom stereocenters. The number of carbonyl (C=O) groups excluding carboxylic acids is 3. The summed E-state index contributed by atoms with van der Waals surface area (Å²) in [5.41, 5.74) is 3.72. The fraction of sp³-hybridized carbons (Fsp3) is 0.293. The number of nitrogens with zero attached hydrogens (tertiary/aromatic N) is 3.